The zero-order valence-electron chi connectivity index (χ0n) is 12.7. The molecular weight excluding hydrogens is 379 g/mol. The molecule has 3 nitrogen and oxygen atoms in total. The molecule has 24 heavy (non-hydrogen) atoms. The molecule has 0 amide bonds. The van der Waals surface area contributed by atoms with Crippen LogP contribution in [0.15, 0.2) is 47.4 Å². The molecule has 0 radical (unpaired) electrons. The first-order valence-corrected chi connectivity index (χ1v) is 9.24. The van der Waals surface area contributed by atoms with Crippen molar-refractivity contribution >= 4 is 33.0 Å². The van der Waals surface area contributed by atoms with Crippen molar-refractivity contribution in [2.45, 2.75) is 23.7 Å². The standard InChI is InChI=1S/C16H15Cl2F2NO2S/c1-21(10-12-3-2-4-14(17)15(12)18)9-11-5-7-13(8-6-11)24(22,23)16(19)20/h2-8,16H,9-10H2,1H3. The first-order valence-electron chi connectivity index (χ1n) is 6.94. The molecule has 130 valence electrons. The monoisotopic (exact) mass is 393 g/mol. The van der Waals surface area contributed by atoms with Gasteiger partial charge in [-0.2, -0.15) is 8.78 Å². The Morgan fingerprint density at radius 1 is 1.04 bits per heavy atom. The summed E-state index contributed by atoms with van der Waals surface area (Å²) in [6.07, 6.45) is 0. The highest BCUT2D eigenvalue weighted by Gasteiger charge is 2.26. The number of rotatable bonds is 6. The molecule has 0 aliphatic heterocycles. The van der Waals surface area contributed by atoms with Gasteiger partial charge in [-0.25, -0.2) is 8.42 Å². The number of hydrogen-bond donors (Lipinski definition) is 0. The smallest absolute Gasteiger partial charge is 0.298 e. The maximum atomic E-state index is 12.5. The lowest BCUT2D eigenvalue weighted by Gasteiger charge is -2.18. The van der Waals surface area contributed by atoms with E-state index >= 15 is 0 Å². The Morgan fingerprint density at radius 2 is 1.67 bits per heavy atom. The lowest BCUT2D eigenvalue weighted by atomic mass is 10.2. The molecule has 0 N–H and O–H groups in total. The third-order valence-electron chi connectivity index (χ3n) is 3.41. The highest BCUT2D eigenvalue weighted by atomic mass is 35.5. The fourth-order valence-electron chi connectivity index (χ4n) is 2.22. The number of benzene rings is 2. The average molecular weight is 394 g/mol. The van der Waals surface area contributed by atoms with Crippen molar-refractivity contribution in [3.05, 3.63) is 63.6 Å². The molecule has 0 bridgehead atoms. The maximum Gasteiger partial charge on any atom is 0.341 e. The van der Waals surface area contributed by atoms with E-state index in [1.54, 1.807) is 12.1 Å². The van der Waals surface area contributed by atoms with Gasteiger partial charge < -0.3 is 0 Å². The van der Waals surface area contributed by atoms with Gasteiger partial charge in [0.2, 0.25) is 9.84 Å². The van der Waals surface area contributed by atoms with Crippen molar-refractivity contribution < 1.29 is 17.2 Å². The molecule has 0 saturated heterocycles. The van der Waals surface area contributed by atoms with Crippen LogP contribution in [0, 0.1) is 0 Å². The molecular formula is C16H15Cl2F2NO2S. The van der Waals surface area contributed by atoms with E-state index in [-0.39, 0.29) is 4.90 Å². The van der Waals surface area contributed by atoms with Crippen LogP contribution in [0.1, 0.15) is 11.1 Å². The van der Waals surface area contributed by atoms with Gasteiger partial charge in [0, 0.05) is 13.1 Å². The molecule has 0 atom stereocenters. The Hall–Kier alpha value is -1.21. The van der Waals surface area contributed by atoms with Crippen LogP contribution in [0.2, 0.25) is 10.0 Å². The van der Waals surface area contributed by atoms with Crippen LogP contribution in [-0.4, -0.2) is 26.1 Å². The molecule has 0 spiro atoms. The zero-order chi connectivity index (χ0) is 17.9. The van der Waals surface area contributed by atoms with E-state index in [9.17, 15) is 17.2 Å². The highest BCUT2D eigenvalue weighted by Crippen LogP contribution is 2.26. The van der Waals surface area contributed by atoms with Crippen molar-refractivity contribution in [2.75, 3.05) is 7.05 Å². The van der Waals surface area contributed by atoms with E-state index in [4.69, 9.17) is 23.2 Å². The number of nitrogens with zero attached hydrogens (tertiary/aromatic N) is 1. The lowest BCUT2D eigenvalue weighted by molar-refractivity contribution is 0.234. The highest BCUT2D eigenvalue weighted by molar-refractivity contribution is 7.91. The fraction of sp³-hybridized carbons (Fsp3) is 0.250. The van der Waals surface area contributed by atoms with Gasteiger partial charge >= 0.3 is 5.76 Å². The third kappa shape index (κ3) is 4.45. The average Bonchev–Trinajstić information content (AvgIpc) is 2.52. The zero-order valence-corrected chi connectivity index (χ0v) is 15.0. The molecule has 0 aromatic heterocycles. The summed E-state index contributed by atoms with van der Waals surface area (Å²) in [6.45, 7) is 1.04. The second-order valence-corrected chi connectivity index (χ2v) is 8.04. The molecule has 8 heteroatoms. The maximum absolute atomic E-state index is 12.5. The minimum Gasteiger partial charge on any atom is -0.298 e. The topological polar surface area (TPSA) is 37.4 Å². The van der Waals surface area contributed by atoms with Crippen LogP contribution in [0.4, 0.5) is 8.78 Å². The summed E-state index contributed by atoms with van der Waals surface area (Å²) in [5, 5.41) is 0.966. The Morgan fingerprint density at radius 3 is 2.25 bits per heavy atom. The van der Waals surface area contributed by atoms with E-state index in [2.05, 4.69) is 0 Å². The minimum absolute atomic E-state index is 0.387. The normalized spacial score (nSPS) is 12.1. The van der Waals surface area contributed by atoms with Crippen molar-refractivity contribution in [3.63, 3.8) is 0 Å². The van der Waals surface area contributed by atoms with Crippen LogP contribution < -0.4 is 0 Å². The second kappa shape index (κ2) is 7.78. The summed E-state index contributed by atoms with van der Waals surface area (Å²) in [7, 11) is -2.70. The number of alkyl halides is 2. The minimum atomic E-state index is -4.56. The van der Waals surface area contributed by atoms with Gasteiger partial charge in [-0.15, -0.1) is 0 Å². The molecule has 0 saturated carbocycles. The molecule has 0 fully saturated rings. The van der Waals surface area contributed by atoms with Gasteiger partial charge in [0.1, 0.15) is 0 Å². The van der Waals surface area contributed by atoms with Crippen LogP contribution >= 0.6 is 23.2 Å². The summed E-state index contributed by atoms with van der Waals surface area (Å²) in [6, 6.07) is 10.8. The van der Waals surface area contributed by atoms with Gasteiger partial charge in [0.25, 0.3) is 0 Å². The van der Waals surface area contributed by atoms with Gasteiger partial charge in [-0.3, -0.25) is 4.90 Å². The Labute approximate surface area is 149 Å². The van der Waals surface area contributed by atoms with Crippen molar-refractivity contribution in [1.29, 1.82) is 0 Å². The fourth-order valence-corrected chi connectivity index (χ4v) is 3.32. The summed E-state index contributed by atoms with van der Waals surface area (Å²) in [4.78, 5) is 1.57. The molecule has 0 aliphatic rings. The molecule has 2 rings (SSSR count). The van der Waals surface area contributed by atoms with E-state index in [1.807, 2.05) is 18.0 Å². The van der Waals surface area contributed by atoms with Crippen LogP contribution in [0.25, 0.3) is 0 Å². The quantitative estimate of drug-likeness (QED) is 0.718. The molecule has 0 unspecified atom stereocenters. The first kappa shape index (κ1) is 19.1. The third-order valence-corrected chi connectivity index (χ3v) is 5.67. The Bertz CT molecular complexity index is 811. The number of halogens is 4. The van der Waals surface area contributed by atoms with E-state index in [1.165, 1.54) is 24.3 Å². The van der Waals surface area contributed by atoms with Crippen LogP contribution in [0.5, 0.6) is 0 Å². The van der Waals surface area contributed by atoms with Crippen LogP contribution in [-0.2, 0) is 22.9 Å². The first-order chi connectivity index (χ1) is 11.2. The van der Waals surface area contributed by atoms with Gasteiger partial charge in [0.05, 0.1) is 14.9 Å². The Balaban J connectivity index is 2.07. The predicted octanol–water partition coefficient (Wildman–Crippen LogP) is 4.62. The van der Waals surface area contributed by atoms with Gasteiger partial charge in [0.15, 0.2) is 0 Å². The molecule has 2 aromatic carbocycles. The number of hydrogen-bond acceptors (Lipinski definition) is 3. The van der Waals surface area contributed by atoms with Gasteiger partial charge in [-0.1, -0.05) is 47.5 Å². The summed E-state index contributed by atoms with van der Waals surface area (Å²) >= 11 is 12.1. The van der Waals surface area contributed by atoms with Crippen molar-refractivity contribution in [1.82, 2.24) is 4.90 Å². The Kier molecular flexibility index (Phi) is 6.20. The predicted molar refractivity (Wildman–Crippen MR) is 91.3 cm³/mol. The summed E-state index contributed by atoms with van der Waals surface area (Å²) in [5.74, 6) is -3.42. The SMILES string of the molecule is CN(Cc1ccc(S(=O)(=O)C(F)F)cc1)Cc1cccc(Cl)c1Cl. The summed E-state index contributed by atoms with van der Waals surface area (Å²) in [5.41, 5.74) is 1.66. The molecule has 0 aliphatic carbocycles. The second-order valence-electron chi connectivity index (χ2n) is 5.33. The van der Waals surface area contributed by atoms with Crippen molar-refractivity contribution in [2.24, 2.45) is 0 Å². The summed E-state index contributed by atoms with van der Waals surface area (Å²) < 4.78 is 47.8. The van der Waals surface area contributed by atoms with Gasteiger partial charge in [-0.05, 0) is 36.4 Å². The molecule has 2 aromatic rings. The number of sulfone groups is 1. The van der Waals surface area contributed by atoms with Crippen molar-refractivity contribution in [3.8, 4) is 0 Å². The molecule has 0 heterocycles. The van der Waals surface area contributed by atoms with Crippen LogP contribution in [0.3, 0.4) is 0 Å². The van der Waals surface area contributed by atoms with E-state index in [0.717, 1.165) is 11.1 Å². The largest absolute Gasteiger partial charge is 0.341 e. The van der Waals surface area contributed by atoms with E-state index in [0.29, 0.717) is 23.1 Å². The van der Waals surface area contributed by atoms with E-state index < -0.39 is 15.6 Å². The lowest BCUT2D eigenvalue weighted by Crippen LogP contribution is -2.17.